The molecule has 0 aliphatic carbocycles. The highest BCUT2D eigenvalue weighted by Crippen LogP contribution is 2.26. The molecule has 96 valence electrons. The zero-order chi connectivity index (χ0) is 13.2. The Kier molecular flexibility index (Phi) is 3.00. The van der Waals surface area contributed by atoms with Crippen molar-refractivity contribution in [2.24, 2.45) is 0 Å². The van der Waals surface area contributed by atoms with Gasteiger partial charge in [0.05, 0.1) is 6.61 Å². The van der Waals surface area contributed by atoms with Crippen LogP contribution >= 0.6 is 11.3 Å². The van der Waals surface area contributed by atoms with E-state index in [0.717, 1.165) is 17.6 Å². The van der Waals surface area contributed by atoms with Crippen molar-refractivity contribution in [3.05, 3.63) is 35.5 Å². The minimum absolute atomic E-state index is 0.473. The van der Waals surface area contributed by atoms with Gasteiger partial charge in [-0.2, -0.15) is 9.61 Å². The Morgan fingerprint density at radius 3 is 2.84 bits per heavy atom. The Morgan fingerprint density at radius 2 is 2.16 bits per heavy atom. The first-order valence-corrected chi connectivity index (χ1v) is 6.72. The number of rotatable bonds is 4. The van der Waals surface area contributed by atoms with E-state index in [9.17, 15) is 4.79 Å². The van der Waals surface area contributed by atoms with Crippen molar-refractivity contribution in [2.45, 2.75) is 6.92 Å². The summed E-state index contributed by atoms with van der Waals surface area (Å²) < 4.78 is 6.95. The number of ether oxygens (including phenoxy) is 1. The van der Waals surface area contributed by atoms with E-state index in [0.29, 0.717) is 23.0 Å². The lowest BCUT2D eigenvalue weighted by Crippen LogP contribution is -1.93. The Balaban J connectivity index is 2.07. The second-order valence-electron chi connectivity index (χ2n) is 3.85. The van der Waals surface area contributed by atoms with Crippen molar-refractivity contribution in [1.29, 1.82) is 0 Å². The topological polar surface area (TPSA) is 56.5 Å². The monoisotopic (exact) mass is 273 g/mol. The number of benzene rings is 1. The minimum atomic E-state index is 0.473. The summed E-state index contributed by atoms with van der Waals surface area (Å²) in [5.41, 5.74) is 3.66. The molecule has 19 heavy (non-hydrogen) atoms. The molecular weight excluding hydrogens is 262 g/mol. The van der Waals surface area contributed by atoms with E-state index >= 15 is 0 Å². The highest BCUT2D eigenvalue weighted by Gasteiger charge is 2.15. The number of fused-ring (bicyclic) bond motifs is 1. The second-order valence-corrected chi connectivity index (χ2v) is 4.67. The number of aromatic nitrogens is 3. The third-order valence-corrected chi connectivity index (χ3v) is 3.41. The Morgan fingerprint density at radius 1 is 1.37 bits per heavy atom. The van der Waals surface area contributed by atoms with Crippen LogP contribution in [0.1, 0.15) is 17.4 Å². The number of carbonyl (C=O) groups excluding carboxylic acids is 1. The molecule has 6 heteroatoms. The molecule has 2 aromatic heterocycles. The summed E-state index contributed by atoms with van der Waals surface area (Å²) in [5, 5.41) is 4.10. The van der Waals surface area contributed by atoms with Crippen LogP contribution in [0.25, 0.3) is 16.2 Å². The number of hydrogen-bond acceptors (Lipinski definition) is 5. The third-order valence-electron chi connectivity index (χ3n) is 2.73. The summed E-state index contributed by atoms with van der Waals surface area (Å²) in [6.07, 6.45) is 0.783. The van der Waals surface area contributed by atoms with Crippen molar-refractivity contribution in [1.82, 2.24) is 14.6 Å². The van der Waals surface area contributed by atoms with E-state index in [2.05, 4.69) is 10.1 Å². The molecule has 0 amide bonds. The summed E-state index contributed by atoms with van der Waals surface area (Å²) in [6, 6.07) is 7.53. The maximum absolute atomic E-state index is 11.2. The lowest BCUT2D eigenvalue weighted by atomic mass is 10.1. The molecule has 1 aromatic carbocycles. The van der Waals surface area contributed by atoms with Crippen LogP contribution in [0, 0.1) is 0 Å². The molecule has 0 atom stereocenters. The van der Waals surface area contributed by atoms with E-state index in [-0.39, 0.29) is 0 Å². The van der Waals surface area contributed by atoms with Crippen LogP contribution in [0.5, 0.6) is 5.75 Å². The van der Waals surface area contributed by atoms with Gasteiger partial charge in [-0.1, -0.05) is 11.3 Å². The van der Waals surface area contributed by atoms with Crippen molar-refractivity contribution < 1.29 is 9.53 Å². The second kappa shape index (κ2) is 4.81. The molecule has 0 aliphatic heterocycles. The number of hydrogen-bond donors (Lipinski definition) is 0. The Labute approximate surface area is 113 Å². The summed E-state index contributed by atoms with van der Waals surface area (Å²) >= 11 is 1.40. The molecule has 3 rings (SSSR count). The highest BCUT2D eigenvalue weighted by molar-refractivity contribution is 7.14. The first-order chi connectivity index (χ1) is 9.33. The zero-order valence-electron chi connectivity index (χ0n) is 10.2. The molecule has 0 saturated heterocycles. The maximum Gasteiger partial charge on any atom is 0.213 e. The van der Waals surface area contributed by atoms with Crippen molar-refractivity contribution in [3.8, 4) is 17.0 Å². The van der Waals surface area contributed by atoms with Crippen LogP contribution in [0.2, 0.25) is 0 Å². The summed E-state index contributed by atoms with van der Waals surface area (Å²) in [7, 11) is 0. The summed E-state index contributed by atoms with van der Waals surface area (Å²) in [5.74, 6) is 0.804. The van der Waals surface area contributed by atoms with Crippen molar-refractivity contribution >= 4 is 22.6 Å². The fraction of sp³-hybridized carbons (Fsp3) is 0.154. The van der Waals surface area contributed by atoms with Gasteiger partial charge in [0.1, 0.15) is 22.6 Å². The van der Waals surface area contributed by atoms with Gasteiger partial charge in [0.2, 0.25) is 4.96 Å². The lowest BCUT2D eigenvalue weighted by molar-refractivity contribution is 0.111. The van der Waals surface area contributed by atoms with Crippen LogP contribution in [0.4, 0.5) is 0 Å². The van der Waals surface area contributed by atoms with E-state index in [1.54, 1.807) is 10.0 Å². The van der Waals surface area contributed by atoms with Crippen molar-refractivity contribution in [3.63, 3.8) is 0 Å². The Hall–Kier alpha value is -2.21. The molecule has 2 heterocycles. The molecular formula is C13H11N3O2S. The summed E-state index contributed by atoms with van der Waals surface area (Å²) in [6.45, 7) is 2.57. The van der Waals surface area contributed by atoms with E-state index < -0.39 is 0 Å². The van der Waals surface area contributed by atoms with Gasteiger partial charge in [0.25, 0.3) is 0 Å². The lowest BCUT2D eigenvalue weighted by Gasteiger charge is -2.03. The molecule has 0 radical (unpaired) electrons. The van der Waals surface area contributed by atoms with Gasteiger partial charge in [0.15, 0.2) is 6.29 Å². The normalized spacial score (nSPS) is 10.8. The number of carbonyl (C=O) groups is 1. The van der Waals surface area contributed by atoms with Crippen molar-refractivity contribution in [2.75, 3.05) is 6.61 Å². The fourth-order valence-corrected chi connectivity index (χ4v) is 2.53. The molecule has 3 aromatic rings. The number of nitrogens with zero attached hydrogens (tertiary/aromatic N) is 3. The maximum atomic E-state index is 11.2. The van der Waals surface area contributed by atoms with Gasteiger partial charge in [-0.05, 0) is 31.2 Å². The fourth-order valence-electron chi connectivity index (χ4n) is 1.90. The largest absolute Gasteiger partial charge is 0.494 e. The predicted octanol–water partition coefficient (Wildman–Crippen LogP) is 2.67. The molecule has 0 N–H and O–H groups in total. The zero-order valence-corrected chi connectivity index (χ0v) is 11.1. The Bertz CT molecular complexity index is 715. The minimum Gasteiger partial charge on any atom is -0.494 e. The van der Waals surface area contributed by atoms with Gasteiger partial charge in [-0.15, -0.1) is 0 Å². The molecule has 0 saturated carbocycles. The van der Waals surface area contributed by atoms with Gasteiger partial charge < -0.3 is 4.74 Å². The average Bonchev–Trinajstić information content (AvgIpc) is 3.00. The van der Waals surface area contributed by atoms with Gasteiger partial charge in [-0.3, -0.25) is 4.79 Å². The smallest absolute Gasteiger partial charge is 0.213 e. The van der Waals surface area contributed by atoms with Crippen LogP contribution in [-0.4, -0.2) is 27.5 Å². The van der Waals surface area contributed by atoms with Gasteiger partial charge >= 0.3 is 0 Å². The predicted molar refractivity (Wildman–Crippen MR) is 72.9 cm³/mol. The molecule has 0 fully saturated rings. The van der Waals surface area contributed by atoms with Crippen LogP contribution < -0.4 is 4.74 Å². The first kappa shape index (κ1) is 11.9. The summed E-state index contributed by atoms with van der Waals surface area (Å²) in [4.78, 5) is 16.4. The first-order valence-electron chi connectivity index (χ1n) is 5.84. The van der Waals surface area contributed by atoms with Crippen LogP contribution in [-0.2, 0) is 0 Å². The quantitative estimate of drug-likeness (QED) is 0.686. The standard InChI is InChI=1S/C13H11N3O2S/c1-2-18-10-5-3-9(4-6-10)12-11(7-17)16-13(15-12)19-8-14-16/h3-8H,2H2,1H3. The molecule has 0 bridgehead atoms. The van der Waals surface area contributed by atoms with E-state index in [1.807, 2.05) is 31.2 Å². The van der Waals surface area contributed by atoms with Crippen LogP contribution in [0.15, 0.2) is 29.8 Å². The van der Waals surface area contributed by atoms with Crippen LogP contribution in [0.3, 0.4) is 0 Å². The number of aldehydes is 1. The van der Waals surface area contributed by atoms with E-state index in [4.69, 9.17) is 4.74 Å². The number of imidazole rings is 1. The van der Waals surface area contributed by atoms with Gasteiger partial charge in [-0.25, -0.2) is 4.98 Å². The molecule has 0 unspecified atom stereocenters. The molecule has 5 nitrogen and oxygen atoms in total. The van der Waals surface area contributed by atoms with E-state index in [1.165, 1.54) is 11.3 Å². The highest BCUT2D eigenvalue weighted by atomic mass is 32.1. The molecule has 0 spiro atoms. The molecule has 0 aliphatic rings. The average molecular weight is 273 g/mol. The van der Waals surface area contributed by atoms with Gasteiger partial charge in [0, 0.05) is 5.56 Å². The SMILES string of the molecule is CCOc1ccc(-c2nc3scnn3c2C=O)cc1. The third kappa shape index (κ3) is 2.00.